The summed E-state index contributed by atoms with van der Waals surface area (Å²) in [5.74, 6) is 0.0310. The topological polar surface area (TPSA) is 78.5 Å². The highest BCUT2D eigenvalue weighted by molar-refractivity contribution is 6.07. The first-order valence-corrected chi connectivity index (χ1v) is 10.8. The third-order valence-electron chi connectivity index (χ3n) is 6.21. The van der Waals surface area contributed by atoms with Crippen molar-refractivity contribution >= 4 is 23.5 Å². The molecule has 2 aromatic carbocycles. The molecule has 31 heavy (non-hydrogen) atoms. The average molecular weight is 420 g/mol. The van der Waals surface area contributed by atoms with Crippen LogP contribution in [0.1, 0.15) is 56.0 Å². The number of benzene rings is 2. The van der Waals surface area contributed by atoms with Gasteiger partial charge in [-0.05, 0) is 60.4 Å². The number of hydrogen-bond acceptors (Lipinski definition) is 3. The van der Waals surface area contributed by atoms with Gasteiger partial charge in [0.2, 0.25) is 0 Å². The molecule has 0 radical (unpaired) electrons. The maximum Gasteiger partial charge on any atom is 0.325 e. The monoisotopic (exact) mass is 419 g/mol. The first-order valence-electron chi connectivity index (χ1n) is 10.8. The number of imide groups is 1. The summed E-state index contributed by atoms with van der Waals surface area (Å²) in [5.41, 5.74) is 1.26. The van der Waals surface area contributed by atoms with Crippen molar-refractivity contribution in [2.45, 2.75) is 52.1 Å². The fourth-order valence-corrected chi connectivity index (χ4v) is 5.32. The van der Waals surface area contributed by atoms with Gasteiger partial charge in [0.15, 0.2) is 0 Å². The fraction of sp³-hybridized carbons (Fsp3) is 0.400. The molecule has 1 saturated carbocycles. The van der Waals surface area contributed by atoms with E-state index in [2.05, 4.69) is 31.4 Å². The largest absolute Gasteiger partial charge is 0.325 e. The molecule has 4 amide bonds. The van der Waals surface area contributed by atoms with Gasteiger partial charge in [-0.15, -0.1) is 0 Å². The standard InChI is InChI=1S/C25H29N3O3/c1-17-13-24(2,3)16-25(14-17)22(30)28(23(31)27-25)15-18-9-11-19(12-10-18)21(29)26-20-7-5-4-6-8-20/h4-12,17H,13-16H2,1-3H3,(H,26,29)(H,27,31)/t17-,25-/m1/s1. The number of para-hydroxylation sites is 1. The van der Waals surface area contributed by atoms with E-state index in [1.165, 1.54) is 4.90 Å². The van der Waals surface area contributed by atoms with Crippen LogP contribution in [0.3, 0.4) is 0 Å². The molecule has 2 fully saturated rings. The normalized spacial score (nSPS) is 24.9. The molecule has 0 bridgehead atoms. The second kappa shape index (κ2) is 7.84. The van der Waals surface area contributed by atoms with Crippen LogP contribution in [0.25, 0.3) is 0 Å². The zero-order chi connectivity index (χ0) is 22.2. The van der Waals surface area contributed by atoms with Crippen molar-refractivity contribution in [2.75, 3.05) is 5.32 Å². The molecule has 6 nitrogen and oxygen atoms in total. The Morgan fingerprint density at radius 2 is 1.74 bits per heavy atom. The molecule has 2 N–H and O–H groups in total. The van der Waals surface area contributed by atoms with E-state index in [-0.39, 0.29) is 29.8 Å². The SMILES string of the molecule is C[C@@H]1CC(C)(C)C[C@@]2(C1)NC(=O)N(Cc1ccc(C(=O)Nc3ccccc3)cc1)C2=O. The van der Waals surface area contributed by atoms with Crippen molar-refractivity contribution in [1.29, 1.82) is 0 Å². The number of nitrogens with zero attached hydrogens (tertiary/aromatic N) is 1. The lowest BCUT2D eigenvalue weighted by atomic mass is 9.64. The number of hydrogen-bond donors (Lipinski definition) is 2. The first-order chi connectivity index (χ1) is 14.7. The molecule has 2 aromatic rings. The first kappa shape index (κ1) is 21.1. The smallest absolute Gasteiger partial charge is 0.323 e. The van der Waals surface area contributed by atoms with Gasteiger partial charge < -0.3 is 10.6 Å². The van der Waals surface area contributed by atoms with E-state index in [4.69, 9.17) is 0 Å². The van der Waals surface area contributed by atoms with Crippen molar-refractivity contribution in [1.82, 2.24) is 10.2 Å². The van der Waals surface area contributed by atoms with Gasteiger partial charge in [0.25, 0.3) is 11.8 Å². The molecule has 1 spiro atoms. The van der Waals surface area contributed by atoms with E-state index >= 15 is 0 Å². The highest BCUT2D eigenvalue weighted by atomic mass is 16.2. The van der Waals surface area contributed by atoms with Crippen LogP contribution in [0.2, 0.25) is 0 Å². The summed E-state index contributed by atoms with van der Waals surface area (Å²) in [6.45, 7) is 6.66. The quantitative estimate of drug-likeness (QED) is 0.712. The lowest BCUT2D eigenvalue weighted by Crippen LogP contribution is -2.54. The van der Waals surface area contributed by atoms with Crippen LogP contribution in [0, 0.1) is 11.3 Å². The number of rotatable bonds is 4. The van der Waals surface area contributed by atoms with Gasteiger partial charge in [-0.25, -0.2) is 4.79 Å². The number of urea groups is 1. The Hall–Kier alpha value is -3.15. The molecule has 2 aliphatic rings. The van der Waals surface area contributed by atoms with Gasteiger partial charge in [-0.1, -0.05) is 51.1 Å². The Bertz CT molecular complexity index is 1000. The van der Waals surface area contributed by atoms with Gasteiger partial charge in [0, 0.05) is 11.3 Å². The number of nitrogens with one attached hydrogen (secondary N) is 2. The summed E-state index contributed by atoms with van der Waals surface area (Å²) < 4.78 is 0. The second-order valence-corrected chi connectivity index (χ2v) is 9.78. The van der Waals surface area contributed by atoms with E-state index in [1.54, 1.807) is 24.3 Å². The lowest BCUT2D eigenvalue weighted by Gasteiger charge is -2.43. The third kappa shape index (κ3) is 4.33. The van der Waals surface area contributed by atoms with Crippen LogP contribution in [0.15, 0.2) is 54.6 Å². The number of carbonyl (C=O) groups is 3. The lowest BCUT2D eigenvalue weighted by molar-refractivity contribution is -0.135. The molecule has 4 rings (SSSR count). The maximum absolute atomic E-state index is 13.3. The van der Waals surface area contributed by atoms with Crippen LogP contribution < -0.4 is 10.6 Å². The number of amides is 4. The van der Waals surface area contributed by atoms with Crippen molar-refractivity contribution < 1.29 is 14.4 Å². The summed E-state index contributed by atoms with van der Waals surface area (Å²) in [5, 5.41) is 5.85. The highest BCUT2D eigenvalue weighted by Gasteiger charge is 2.55. The molecule has 0 unspecified atom stereocenters. The van der Waals surface area contributed by atoms with Crippen molar-refractivity contribution in [3.63, 3.8) is 0 Å². The molecule has 2 atom stereocenters. The molecular formula is C25H29N3O3. The van der Waals surface area contributed by atoms with E-state index in [9.17, 15) is 14.4 Å². The summed E-state index contributed by atoms with van der Waals surface area (Å²) >= 11 is 0. The van der Waals surface area contributed by atoms with E-state index in [1.807, 2.05) is 30.3 Å². The van der Waals surface area contributed by atoms with Crippen LogP contribution in [0.4, 0.5) is 10.5 Å². The molecule has 1 heterocycles. The van der Waals surface area contributed by atoms with Gasteiger partial charge in [0.1, 0.15) is 5.54 Å². The van der Waals surface area contributed by atoms with Gasteiger partial charge in [-0.3, -0.25) is 14.5 Å². The molecule has 1 aliphatic heterocycles. The predicted octanol–water partition coefficient (Wildman–Crippen LogP) is 4.58. The zero-order valence-electron chi connectivity index (χ0n) is 18.3. The predicted molar refractivity (Wildman–Crippen MR) is 119 cm³/mol. The molecule has 1 aliphatic carbocycles. The van der Waals surface area contributed by atoms with Crippen LogP contribution in [-0.4, -0.2) is 28.3 Å². The maximum atomic E-state index is 13.3. The Morgan fingerprint density at radius 1 is 1.06 bits per heavy atom. The molecule has 162 valence electrons. The average Bonchev–Trinajstić information content (AvgIpc) is 2.91. The Labute approximate surface area is 183 Å². The van der Waals surface area contributed by atoms with Crippen molar-refractivity contribution in [3.8, 4) is 0 Å². The minimum atomic E-state index is -0.798. The molecular weight excluding hydrogens is 390 g/mol. The van der Waals surface area contributed by atoms with E-state index < -0.39 is 5.54 Å². The minimum absolute atomic E-state index is 0.00435. The number of anilines is 1. The minimum Gasteiger partial charge on any atom is -0.323 e. The van der Waals surface area contributed by atoms with Gasteiger partial charge >= 0.3 is 6.03 Å². The number of carbonyl (C=O) groups excluding carboxylic acids is 3. The van der Waals surface area contributed by atoms with E-state index in [0.29, 0.717) is 24.3 Å². The second-order valence-electron chi connectivity index (χ2n) is 9.78. The van der Waals surface area contributed by atoms with Crippen LogP contribution >= 0.6 is 0 Å². The Balaban J connectivity index is 1.45. The van der Waals surface area contributed by atoms with Gasteiger partial charge in [0.05, 0.1) is 6.54 Å². The summed E-state index contributed by atoms with van der Waals surface area (Å²) in [4.78, 5) is 39.7. The Morgan fingerprint density at radius 3 is 2.39 bits per heavy atom. The summed E-state index contributed by atoms with van der Waals surface area (Å²) in [6.07, 6.45) is 2.38. The highest BCUT2D eigenvalue weighted by Crippen LogP contribution is 2.46. The van der Waals surface area contributed by atoms with Gasteiger partial charge in [-0.2, -0.15) is 0 Å². The van der Waals surface area contributed by atoms with E-state index in [0.717, 1.165) is 17.7 Å². The fourth-order valence-electron chi connectivity index (χ4n) is 5.32. The van der Waals surface area contributed by atoms with Crippen molar-refractivity contribution in [3.05, 3.63) is 65.7 Å². The molecule has 0 aromatic heterocycles. The van der Waals surface area contributed by atoms with Crippen molar-refractivity contribution in [2.24, 2.45) is 11.3 Å². The van der Waals surface area contributed by atoms with Crippen LogP contribution in [-0.2, 0) is 11.3 Å². The summed E-state index contributed by atoms with van der Waals surface area (Å²) in [7, 11) is 0. The molecule has 1 saturated heterocycles. The third-order valence-corrected chi connectivity index (χ3v) is 6.21. The Kier molecular flexibility index (Phi) is 5.33. The molecule has 6 heteroatoms. The summed E-state index contributed by atoms with van der Waals surface area (Å²) in [6, 6.07) is 15.9. The zero-order valence-corrected chi connectivity index (χ0v) is 18.3. The van der Waals surface area contributed by atoms with Crippen LogP contribution in [0.5, 0.6) is 0 Å².